The third-order valence-electron chi connectivity index (χ3n) is 3.59. The fraction of sp³-hybridized carbons (Fsp3) is 0.0588. The maximum Gasteiger partial charge on any atom is 0.335 e. The molecule has 7 nitrogen and oxygen atoms in total. The van der Waals surface area contributed by atoms with Crippen molar-refractivity contribution >= 4 is 23.5 Å². The molecule has 0 bridgehead atoms. The summed E-state index contributed by atoms with van der Waals surface area (Å²) in [5.74, 6) is -4.07. The van der Waals surface area contributed by atoms with E-state index < -0.39 is 29.3 Å². The van der Waals surface area contributed by atoms with E-state index in [0.717, 1.165) is 19.1 Å². The number of rotatable bonds is 2. The van der Waals surface area contributed by atoms with Gasteiger partial charge in [0.1, 0.15) is 11.5 Å². The summed E-state index contributed by atoms with van der Waals surface area (Å²) in [5, 5.41) is 19.1. The number of benzene rings is 2. The van der Waals surface area contributed by atoms with Crippen molar-refractivity contribution in [3.05, 3.63) is 58.1 Å². The van der Waals surface area contributed by atoms with Crippen LogP contribution in [0.2, 0.25) is 0 Å². The molecule has 0 unspecified atom stereocenters. The predicted molar refractivity (Wildman–Crippen MR) is 79.7 cm³/mol. The lowest BCUT2D eigenvalue weighted by Crippen LogP contribution is -2.23. The van der Waals surface area contributed by atoms with Crippen molar-refractivity contribution in [3.63, 3.8) is 0 Å². The molecule has 2 aromatic rings. The molecule has 3 rings (SSSR count). The summed E-state index contributed by atoms with van der Waals surface area (Å²) in [5.41, 5.74) is -0.981. The highest BCUT2D eigenvalue weighted by Gasteiger charge is 2.35. The number of esters is 1. The Hall–Kier alpha value is -3.48. The lowest BCUT2D eigenvalue weighted by molar-refractivity contribution is -0.131. The van der Waals surface area contributed by atoms with E-state index in [0.29, 0.717) is 0 Å². The van der Waals surface area contributed by atoms with Gasteiger partial charge in [-0.15, -0.1) is 0 Å². The average molecular weight is 326 g/mol. The Morgan fingerprint density at radius 2 is 1.71 bits per heavy atom. The molecular weight excluding hydrogens is 316 g/mol. The second kappa shape index (κ2) is 5.31. The number of hydrogen-bond acceptors (Lipinski definition) is 6. The van der Waals surface area contributed by atoms with Crippen LogP contribution in [0.3, 0.4) is 0 Å². The number of phenolic OH excluding ortho intramolecular Hbond substituents is 1. The van der Waals surface area contributed by atoms with Crippen LogP contribution >= 0.6 is 0 Å². The number of carbonyl (C=O) groups excluding carboxylic acids is 3. The molecule has 2 aromatic carbocycles. The molecule has 0 amide bonds. The number of carbonyl (C=O) groups is 4. The van der Waals surface area contributed by atoms with Crippen LogP contribution in [0.5, 0.6) is 11.5 Å². The molecule has 0 spiro atoms. The van der Waals surface area contributed by atoms with Gasteiger partial charge in [-0.1, -0.05) is 12.1 Å². The van der Waals surface area contributed by atoms with Crippen LogP contribution in [-0.4, -0.2) is 33.7 Å². The van der Waals surface area contributed by atoms with Gasteiger partial charge in [0.05, 0.1) is 16.7 Å². The van der Waals surface area contributed by atoms with Gasteiger partial charge in [0.25, 0.3) is 0 Å². The minimum atomic E-state index is -1.34. The van der Waals surface area contributed by atoms with Gasteiger partial charge in [-0.05, 0) is 18.2 Å². The Balaban J connectivity index is 2.28. The quantitative estimate of drug-likeness (QED) is 0.544. The molecule has 0 atom stereocenters. The van der Waals surface area contributed by atoms with Gasteiger partial charge in [-0.25, -0.2) is 4.79 Å². The van der Waals surface area contributed by atoms with Crippen LogP contribution in [0.1, 0.15) is 49.1 Å². The molecule has 1 aliphatic carbocycles. The number of hydrogen-bond donors (Lipinski definition) is 2. The van der Waals surface area contributed by atoms with Crippen molar-refractivity contribution in [2.75, 3.05) is 0 Å². The second-order valence-electron chi connectivity index (χ2n) is 5.15. The molecule has 7 heteroatoms. The fourth-order valence-electron chi connectivity index (χ4n) is 2.63. The van der Waals surface area contributed by atoms with Crippen molar-refractivity contribution < 1.29 is 34.1 Å². The van der Waals surface area contributed by atoms with Crippen LogP contribution in [0.4, 0.5) is 0 Å². The second-order valence-corrected chi connectivity index (χ2v) is 5.15. The van der Waals surface area contributed by atoms with E-state index in [-0.39, 0.29) is 33.6 Å². The van der Waals surface area contributed by atoms with E-state index in [4.69, 9.17) is 9.84 Å². The summed E-state index contributed by atoms with van der Waals surface area (Å²) in [6.07, 6.45) is 0. The van der Waals surface area contributed by atoms with E-state index in [2.05, 4.69) is 0 Å². The maximum absolute atomic E-state index is 12.7. The number of aromatic carboxylic acids is 1. The molecule has 0 radical (unpaired) electrons. The Labute approximate surface area is 135 Å². The third-order valence-corrected chi connectivity index (χ3v) is 3.59. The Bertz CT molecular complexity index is 940. The van der Waals surface area contributed by atoms with Gasteiger partial charge in [0.2, 0.25) is 5.78 Å². The number of carboxylic acid groups (broad SMARTS) is 1. The van der Waals surface area contributed by atoms with Crippen LogP contribution in [0, 0.1) is 0 Å². The SMILES string of the molecule is CC(=O)Oc1cccc2c1C(=O)c1c(O)cc(C(=O)O)cc1C2=O. The molecule has 0 saturated heterocycles. The summed E-state index contributed by atoms with van der Waals surface area (Å²) in [6.45, 7) is 1.15. The third kappa shape index (κ3) is 2.23. The highest BCUT2D eigenvalue weighted by atomic mass is 16.5. The number of carboxylic acids is 1. The van der Waals surface area contributed by atoms with E-state index in [1.54, 1.807) is 0 Å². The Morgan fingerprint density at radius 3 is 2.33 bits per heavy atom. The first-order chi connectivity index (χ1) is 11.3. The summed E-state index contributed by atoms with van der Waals surface area (Å²) >= 11 is 0. The number of fused-ring (bicyclic) bond motifs is 2. The molecule has 24 heavy (non-hydrogen) atoms. The van der Waals surface area contributed by atoms with Crippen molar-refractivity contribution in [2.45, 2.75) is 6.92 Å². The zero-order valence-electron chi connectivity index (χ0n) is 12.3. The first kappa shape index (κ1) is 15.4. The van der Waals surface area contributed by atoms with Crippen LogP contribution in [-0.2, 0) is 4.79 Å². The van der Waals surface area contributed by atoms with Crippen molar-refractivity contribution in [3.8, 4) is 11.5 Å². The summed E-state index contributed by atoms with van der Waals surface area (Å²) in [6, 6.07) is 6.11. The minimum absolute atomic E-state index is 0.0202. The maximum atomic E-state index is 12.7. The topological polar surface area (TPSA) is 118 Å². The van der Waals surface area contributed by atoms with Gasteiger partial charge < -0.3 is 14.9 Å². The molecule has 2 N–H and O–H groups in total. The Kier molecular flexibility index (Phi) is 3.41. The van der Waals surface area contributed by atoms with Gasteiger partial charge in [0.15, 0.2) is 5.78 Å². The normalized spacial score (nSPS) is 12.4. The highest BCUT2D eigenvalue weighted by Crippen LogP contribution is 2.37. The van der Waals surface area contributed by atoms with Crippen LogP contribution in [0.15, 0.2) is 30.3 Å². The first-order valence-corrected chi connectivity index (χ1v) is 6.82. The summed E-state index contributed by atoms with van der Waals surface area (Å²) in [7, 11) is 0. The lowest BCUT2D eigenvalue weighted by Gasteiger charge is -2.20. The smallest absolute Gasteiger partial charge is 0.335 e. The molecular formula is C17H10O7. The van der Waals surface area contributed by atoms with E-state index in [1.807, 2.05) is 0 Å². The predicted octanol–water partition coefficient (Wildman–Crippen LogP) is 1.79. The van der Waals surface area contributed by atoms with Crippen LogP contribution < -0.4 is 4.74 Å². The van der Waals surface area contributed by atoms with Gasteiger partial charge in [0, 0.05) is 18.1 Å². The standard InChI is InChI=1S/C17H10O7/c1-7(18)24-12-4-2-3-9-14(12)16(21)13-10(15(9)20)5-8(17(22)23)6-11(13)19/h2-6,19H,1H3,(H,22,23). The van der Waals surface area contributed by atoms with Gasteiger partial charge in [-0.2, -0.15) is 0 Å². The van der Waals surface area contributed by atoms with Gasteiger partial charge in [-0.3, -0.25) is 14.4 Å². The number of aromatic hydroxyl groups is 1. The molecule has 1 aliphatic rings. The Morgan fingerprint density at radius 1 is 1.00 bits per heavy atom. The monoisotopic (exact) mass is 326 g/mol. The van der Waals surface area contributed by atoms with Crippen LogP contribution in [0.25, 0.3) is 0 Å². The number of ether oxygens (including phenoxy) is 1. The van der Waals surface area contributed by atoms with Crippen molar-refractivity contribution in [1.29, 1.82) is 0 Å². The average Bonchev–Trinajstić information content (AvgIpc) is 2.51. The van der Waals surface area contributed by atoms with E-state index in [1.165, 1.54) is 18.2 Å². The number of phenols is 1. The number of ketones is 2. The summed E-state index contributed by atoms with van der Waals surface area (Å²) in [4.78, 5) is 47.6. The van der Waals surface area contributed by atoms with Gasteiger partial charge >= 0.3 is 11.9 Å². The molecule has 0 fully saturated rings. The molecule has 0 heterocycles. The zero-order chi connectivity index (χ0) is 17.6. The molecule has 120 valence electrons. The minimum Gasteiger partial charge on any atom is -0.507 e. The molecule has 0 aromatic heterocycles. The largest absolute Gasteiger partial charge is 0.507 e. The lowest BCUT2D eigenvalue weighted by atomic mass is 9.82. The fourth-order valence-corrected chi connectivity index (χ4v) is 2.63. The van der Waals surface area contributed by atoms with Crippen molar-refractivity contribution in [2.24, 2.45) is 0 Å². The zero-order valence-corrected chi connectivity index (χ0v) is 12.3. The first-order valence-electron chi connectivity index (χ1n) is 6.82. The molecule has 0 aliphatic heterocycles. The van der Waals surface area contributed by atoms with E-state index >= 15 is 0 Å². The highest BCUT2D eigenvalue weighted by molar-refractivity contribution is 6.30. The van der Waals surface area contributed by atoms with E-state index in [9.17, 15) is 24.3 Å². The van der Waals surface area contributed by atoms with Crippen molar-refractivity contribution in [1.82, 2.24) is 0 Å². The summed E-state index contributed by atoms with van der Waals surface area (Å²) < 4.78 is 4.96. The molecule has 0 saturated carbocycles.